The average molecular weight is 370 g/mol. The largest absolute Gasteiger partial charge is 0.477 e. The molecule has 0 aliphatic carbocycles. The first kappa shape index (κ1) is 17.0. The number of hydrogen-bond donors (Lipinski definition) is 2. The summed E-state index contributed by atoms with van der Waals surface area (Å²) in [4.78, 5) is 38.5. The molecule has 0 saturated heterocycles. The molecule has 130 valence electrons. The van der Waals surface area contributed by atoms with Crippen molar-refractivity contribution in [2.45, 2.75) is 13.1 Å². The lowest BCUT2D eigenvalue weighted by Gasteiger charge is -2.10. The number of thiophene rings is 1. The Morgan fingerprint density at radius 2 is 1.96 bits per heavy atom. The molecule has 3 aromatic rings. The van der Waals surface area contributed by atoms with Crippen molar-refractivity contribution >= 4 is 28.2 Å². The Morgan fingerprint density at radius 1 is 1.28 bits per heavy atom. The second-order valence-electron chi connectivity index (χ2n) is 5.16. The molecule has 0 bridgehead atoms. The molecule has 6 nitrogen and oxygen atoms in total. The predicted octanol–water partition coefficient (Wildman–Crippen LogP) is 2.77. The number of aryl methyl sites for hydroxylation is 1. The van der Waals surface area contributed by atoms with Crippen LogP contribution in [-0.4, -0.2) is 20.6 Å². The summed E-state index contributed by atoms with van der Waals surface area (Å²) >= 11 is 0.807. The molecule has 2 aromatic heterocycles. The average Bonchev–Trinajstić information content (AvgIpc) is 2.84. The van der Waals surface area contributed by atoms with Crippen LogP contribution in [0, 0.1) is 6.92 Å². The fourth-order valence-electron chi connectivity index (χ4n) is 2.49. The van der Waals surface area contributed by atoms with Gasteiger partial charge in [-0.1, -0.05) is 6.07 Å². The van der Waals surface area contributed by atoms with Crippen LogP contribution in [0.5, 0.6) is 0 Å². The van der Waals surface area contributed by atoms with Gasteiger partial charge in [0.2, 0.25) is 0 Å². The number of alkyl halides is 3. The first-order chi connectivity index (χ1) is 11.6. The Bertz CT molecular complexity index is 1120. The van der Waals surface area contributed by atoms with Crippen molar-refractivity contribution in [1.29, 1.82) is 0 Å². The number of nitrogens with zero attached hydrogens (tertiary/aromatic N) is 1. The molecule has 1 aromatic carbocycles. The smallest absolute Gasteiger partial charge is 0.416 e. The molecule has 0 spiro atoms. The zero-order chi connectivity index (χ0) is 18.5. The van der Waals surface area contributed by atoms with Crippen molar-refractivity contribution in [2.24, 2.45) is 0 Å². The van der Waals surface area contributed by atoms with E-state index < -0.39 is 29.0 Å². The summed E-state index contributed by atoms with van der Waals surface area (Å²) in [6.07, 6.45) is -4.63. The number of benzene rings is 1. The van der Waals surface area contributed by atoms with Crippen LogP contribution in [0.25, 0.3) is 16.6 Å². The quantitative estimate of drug-likeness (QED) is 0.726. The Hall–Kier alpha value is -2.88. The summed E-state index contributed by atoms with van der Waals surface area (Å²) in [6, 6.07) is 3.77. The van der Waals surface area contributed by atoms with Crippen LogP contribution in [0.4, 0.5) is 13.2 Å². The number of aromatic carboxylic acids is 1. The van der Waals surface area contributed by atoms with Gasteiger partial charge >= 0.3 is 17.8 Å². The molecule has 2 heterocycles. The molecule has 0 unspecified atom stereocenters. The number of H-pyrrole nitrogens is 1. The lowest BCUT2D eigenvalue weighted by Crippen LogP contribution is -2.33. The zero-order valence-corrected chi connectivity index (χ0v) is 13.3. The molecule has 0 aliphatic rings. The van der Waals surface area contributed by atoms with Crippen molar-refractivity contribution in [3.05, 3.63) is 60.4 Å². The highest BCUT2D eigenvalue weighted by Gasteiger charge is 2.31. The van der Waals surface area contributed by atoms with Gasteiger partial charge in [-0.05, 0) is 25.1 Å². The van der Waals surface area contributed by atoms with Crippen molar-refractivity contribution in [1.82, 2.24) is 9.55 Å². The second-order valence-corrected chi connectivity index (χ2v) is 6.39. The fourth-order valence-corrected chi connectivity index (χ4v) is 3.43. The molecule has 0 amide bonds. The van der Waals surface area contributed by atoms with E-state index in [9.17, 15) is 27.6 Å². The molecule has 0 radical (unpaired) electrons. The number of hydrogen-bond acceptors (Lipinski definition) is 4. The number of carboxylic acid groups (broad SMARTS) is 1. The second kappa shape index (κ2) is 5.59. The van der Waals surface area contributed by atoms with Crippen molar-refractivity contribution in [2.75, 3.05) is 0 Å². The van der Waals surface area contributed by atoms with Gasteiger partial charge in [0.15, 0.2) is 0 Å². The van der Waals surface area contributed by atoms with Gasteiger partial charge < -0.3 is 10.1 Å². The molecular weight excluding hydrogens is 361 g/mol. The summed E-state index contributed by atoms with van der Waals surface area (Å²) in [5.41, 5.74) is -3.29. The topological polar surface area (TPSA) is 92.2 Å². The van der Waals surface area contributed by atoms with E-state index in [4.69, 9.17) is 5.11 Å². The molecule has 2 N–H and O–H groups in total. The summed E-state index contributed by atoms with van der Waals surface area (Å²) in [7, 11) is 0. The van der Waals surface area contributed by atoms with Crippen LogP contribution in [-0.2, 0) is 6.18 Å². The highest BCUT2D eigenvalue weighted by Crippen LogP contribution is 2.30. The number of aromatic nitrogens is 2. The predicted molar refractivity (Wildman–Crippen MR) is 84.7 cm³/mol. The van der Waals surface area contributed by atoms with Gasteiger partial charge in [-0.3, -0.25) is 4.79 Å². The monoisotopic (exact) mass is 370 g/mol. The summed E-state index contributed by atoms with van der Waals surface area (Å²) in [5, 5.41) is 9.10. The molecule has 3 rings (SSSR count). The van der Waals surface area contributed by atoms with Crippen LogP contribution in [0.1, 0.15) is 20.1 Å². The summed E-state index contributed by atoms with van der Waals surface area (Å²) in [6.45, 7) is 1.50. The zero-order valence-electron chi connectivity index (χ0n) is 12.5. The molecule has 0 saturated carbocycles. The maximum atomic E-state index is 12.9. The number of rotatable bonds is 2. The minimum Gasteiger partial charge on any atom is -0.477 e. The molecule has 10 heteroatoms. The van der Waals surface area contributed by atoms with Gasteiger partial charge in [-0.2, -0.15) is 13.2 Å². The fraction of sp³-hybridized carbons (Fsp3) is 0.133. The Balaban J connectivity index is 2.36. The van der Waals surface area contributed by atoms with Gasteiger partial charge in [-0.25, -0.2) is 14.2 Å². The molecular formula is C15H9F3N2O4S. The highest BCUT2D eigenvalue weighted by atomic mass is 32.1. The van der Waals surface area contributed by atoms with E-state index in [0.29, 0.717) is 15.5 Å². The van der Waals surface area contributed by atoms with Gasteiger partial charge in [0.1, 0.15) is 4.88 Å². The lowest BCUT2D eigenvalue weighted by molar-refractivity contribution is -0.137. The third kappa shape index (κ3) is 2.74. The molecule has 0 fully saturated rings. The van der Waals surface area contributed by atoms with Crippen molar-refractivity contribution < 1.29 is 23.1 Å². The van der Waals surface area contributed by atoms with Gasteiger partial charge in [0.25, 0.3) is 5.56 Å². The van der Waals surface area contributed by atoms with Crippen molar-refractivity contribution in [3.63, 3.8) is 0 Å². The maximum absolute atomic E-state index is 12.9. The van der Waals surface area contributed by atoms with Crippen molar-refractivity contribution in [3.8, 4) is 5.69 Å². The first-order valence-electron chi connectivity index (χ1n) is 6.80. The summed E-state index contributed by atoms with van der Waals surface area (Å²) < 4.78 is 39.1. The van der Waals surface area contributed by atoms with E-state index in [-0.39, 0.29) is 21.5 Å². The van der Waals surface area contributed by atoms with Crippen LogP contribution < -0.4 is 11.2 Å². The minimum absolute atomic E-state index is 0.0422. The van der Waals surface area contributed by atoms with Gasteiger partial charge in [0, 0.05) is 4.88 Å². The van der Waals surface area contributed by atoms with E-state index in [2.05, 4.69) is 4.98 Å². The van der Waals surface area contributed by atoms with E-state index in [1.54, 1.807) is 0 Å². The number of carboxylic acids is 1. The third-order valence-electron chi connectivity index (χ3n) is 3.56. The van der Waals surface area contributed by atoms with Crippen LogP contribution in [0.2, 0.25) is 0 Å². The Labute approximate surface area is 140 Å². The van der Waals surface area contributed by atoms with Crippen LogP contribution in [0.15, 0.2) is 33.9 Å². The third-order valence-corrected chi connectivity index (χ3v) is 4.66. The number of nitrogens with one attached hydrogen (secondary N) is 1. The maximum Gasteiger partial charge on any atom is 0.416 e. The summed E-state index contributed by atoms with van der Waals surface area (Å²) in [5.74, 6) is -1.31. The molecule has 25 heavy (non-hydrogen) atoms. The normalized spacial score (nSPS) is 11.8. The number of aromatic amines is 1. The molecule has 0 atom stereocenters. The Kier molecular flexibility index (Phi) is 3.79. The number of halogens is 3. The van der Waals surface area contributed by atoms with Gasteiger partial charge in [-0.15, -0.1) is 11.3 Å². The first-order valence-corrected chi connectivity index (χ1v) is 7.62. The van der Waals surface area contributed by atoms with E-state index in [0.717, 1.165) is 23.5 Å². The van der Waals surface area contributed by atoms with Crippen LogP contribution >= 0.6 is 11.3 Å². The SMILES string of the molecule is Cc1sc(C(=O)O)c2[nH]c(=O)n(-c3cccc(C(F)(F)F)c3)c(=O)c12. The van der Waals surface area contributed by atoms with E-state index in [1.807, 2.05) is 0 Å². The lowest BCUT2D eigenvalue weighted by atomic mass is 10.2. The van der Waals surface area contributed by atoms with Gasteiger partial charge in [0.05, 0.1) is 22.2 Å². The van der Waals surface area contributed by atoms with Crippen LogP contribution in [0.3, 0.4) is 0 Å². The Morgan fingerprint density at radius 3 is 2.56 bits per heavy atom. The number of carbonyl (C=O) groups is 1. The molecule has 0 aliphatic heterocycles. The highest BCUT2D eigenvalue weighted by molar-refractivity contribution is 7.15. The standard InChI is InChI=1S/C15H9F3N2O4S/c1-6-9-10(11(25-6)13(22)23)19-14(24)20(12(9)21)8-4-2-3-7(5-8)15(16,17)18/h2-5H,1H3,(H,19,24)(H,22,23). The van der Waals surface area contributed by atoms with E-state index in [1.165, 1.54) is 13.0 Å². The number of fused-ring (bicyclic) bond motifs is 1. The minimum atomic E-state index is -4.63. The van der Waals surface area contributed by atoms with E-state index >= 15 is 0 Å².